The van der Waals surface area contributed by atoms with Crippen LogP contribution in [-0.4, -0.2) is 22.6 Å². The molecule has 0 bridgehead atoms. The van der Waals surface area contributed by atoms with Gasteiger partial charge in [0, 0.05) is 34.6 Å². The van der Waals surface area contributed by atoms with Gasteiger partial charge in [-0.1, -0.05) is 48.0 Å². The molecule has 0 fully saturated rings. The van der Waals surface area contributed by atoms with Gasteiger partial charge < -0.3 is 15.2 Å². The van der Waals surface area contributed by atoms with Crippen molar-refractivity contribution in [1.29, 1.82) is 0 Å². The number of amidine groups is 1. The highest BCUT2D eigenvalue weighted by molar-refractivity contribution is 6.30. The third-order valence-electron chi connectivity index (χ3n) is 5.80. The molecule has 0 radical (unpaired) electrons. The summed E-state index contributed by atoms with van der Waals surface area (Å²) in [5.41, 5.74) is 10.6. The van der Waals surface area contributed by atoms with Gasteiger partial charge in [0.05, 0.1) is 16.9 Å². The molecule has 0 aliphatic carbocycles. The standard InChI is InChI=1S/C25H17ClN4O2/c26-18-8-17(11-28-12-18)16-6-7-22-19(9-16)25(14-31-24(27)30-25)20-10-21(29-13-23(20)32-22)15-4-2-1-3-5-15/h1-13H,14H2,(H2,27,30)/t25-/m0/s1. The zero-order valence-corrected chi connectivity index (χ0v) is 17.6. The van der Waals surface area contributed by atoms with Crippen molar-refractivity contribution in [2.75, 3.05) is 6.61 Å². The molecule has 6 nitrogen and oxygen atoms in total. The summed E-state index contributed by atoms with van der Waals surface area (Å²) >= 11 is 6.17. The van der Waals surface area contributed by atoms with Gasteiger partial charge in [0.25, 0.3) is 6.02 Å². The first kappa shape index (κ1) is 18.8. The van der Waals surface area contributed by atoms with E-state index in [1.54, 1.807) is 18.6 Å². The molecule has 2 aromatic carbocycles. The number of nitrogens with zero attached hydrogens (tertiary/aromatic N) is 3. The molecule has 6 rings (SSSR count). The molecule has 4 heterocycles. The Kier molecular flexibility index (Phi) is 4.16. The van der Waals surface area contributed by atoms with Gasteiger partial charge in [0.15, 0.2) is 11.3 Å². The quantitative estimate of drug-likeness (QED) is 0.465. The van der Waals surface area contributed by atoms with Crippen LogP contribution in [0, 0.1) is 0 Å². The number of benzene rings is 2. The predicted octanol–water partition coefficient (Wildman–Crippen LogP) is 5.16. The normalized spacial score (nSPS) is 18.3. The van der Waals surface area contributed by atoms with Gasteiger partial charge in [0.1, 0.15) is 12.4 Å². The first-order chi connectivity index (χ1) is 15.6. The van der Waals surface area contributed by atoms with E-state index < -0.39 is 5.54 Å². The van der Waals surface area contributed by atoms with Gasteiger partial charge in [-0.05, 0) is 29.8 Å². The maximum Gasteiger partial charge on any atom is 0.283 e. The van der Waals surface area contributed by atoms with Gasteiger partial charge in [-0.15, -0.1) is 0 Å². The Morgan fingerprint density at radius 3 is 2.47 bits per heavy atom. The number of ether oxygens (including phenoxy) is 2. The van der Waals surface area contributed by atoms with Gasteiger partial charge in [-0.3, -0.25) is 9.97 Å². The Bertz CT molecular complexity index is 1390. The van der Waals surface area contributed by atoms with E-state index in [1.165, 1.54) is 0 Å². The predicted molar refractivity (Wildman–Crippen MR) is 123 cm³/mol. The number of fused-ring (bicyclic) bond motifs is 4. The summed E-state index contributed by atoms with van der Waals surface area (Å²) in [4.78, 5) is 13.6. The van der Waals surface area contributed by atoms with E-state index in [1.807, 2.05) is 60.7 Å². The van der Waals surface area contributed by atoms with E-state index in [-0.39, 0.29) is 12.6 Å². The number of hydrogen-bond acceptors (Lipinski definition) is 6. The minimum Gasteiger partial charge on any atom is -0.462 e. The lowest BCUT2D eigenvalue weighted by molar-refractivity contribution is 0.264. The van der Waals surface area contributed by atoms with Crippen LogP contribution in [0.3, 0.4) is 0 Å². The zero-order valence-electron chi connectivity index (χ0n) is 16.8. The van der Waals surface area contributed by atoms with Crippen molar-refractivity contribution < 1.29 is 9.47 Å². The number of rotatable bonds is 2. The monoisotopic (exact) mass is 440 g/mol. The molecule has 2 aliphatic heterocycles. The zero-order chi connectivity index (χ0) is 21.7. The Hall–Kier alpha value is -3.90. The lowest BCUT2D eigenvalue weighted by Gasteiger charge is -2.33. The molecular weight excluding hydrogens is 424 g/mol. The number of nitrogens with two attached hydrogens (primary N) is 1. The Balaban J connectivity index is 1.55. The lowest BCUT2D eigenvalue weighted by atomic mass is 9.80. The molecule has 1 spiro atoms. The maximum atomic E-state index is 6.24. The average molecular weight is 441 g/mol. The largest absolute Gasteiger partial charge is 0.462 e. The van der Waals surface area contributed by atoms with Crippen LogP contribution in [-0.2, 0) is 10.3 Å². The van der Waals surface area contributed by atoms with Crippen molar-refractivity contribution in [2.45, 2.75) is 5.54 Å². The molecule has 0 unspecified atom stereocenters. The summed E-state index contributed by atoms with van der Waals surface area (Å²) in [5.74, 6) is 1.32. The van der Waals surface area contributed by atoms with Crippen LogP contribution in [0.1, 0.15) is 11.1 Å². The molecule has 0 saturated carbocycles. The van der Waals surface area contributed by atoms with E-state index in [0.717, 1.165) is 33.5 Å². The van der Waals surface area contributed by atoms with Crippen LogP contribution in [0.5, 0.6) is 11.5 Å². The van der Waals surface area contributed by atoms with Crippen LogP contribution < -0.4 is 10.5 Å². The summed E-state index contributed by atoms with van der Waals surface area (Å²) in [6, 6.07) is 20.0. The number of aliphatic imine (C=N–C) groups is 1. The maximum absolute atomic E-state index is 6.24. The van der Waals surface area contributed by atoms with Crippen LogP contribution in [0.25, 0.3) is 22.4 Å². The SMILES string of the molecule is NC1=N[C@@]2(CO1)c1cc(-c3cncc(Cl)c3)ccc1Oc1cnc(-c3ccccc3)cc12. The number of hydrogen-bond donors (Lipinski definition) is 1. The highest BCUT2D eigenvalue weighted by Gasteiger charge is 2.47. The van der Waals surface area contributed by atoms with Crippen molar-refractivity contribution in [3.05, 3.63) is 95.4 Å². The summed E-state index contributed by atoms with van der Waals surface area (Å²) in [6.07, 6.45) is 5.12. The van der Waals surface area contributed by atoms with Crippen LogP contribution in [0.15, 0.2) is 84.2 Å². The van der Waals surface area contributed by atoms with Crippen LogP contribution in [0.2, 0.25) is 5.02 Å². The molecule has 0 saturated heterocycles. The summed E-state index contributed by atoms with van der Waals surface area (Å²) < 4.78 is 11.9. The average Bonchev–Trinajstić information content (AvgIpc) is 3.22. The first-order valence-electron chi connectivity index (χ1n) is 10.1. The van der Waals surface area contributed by atoms with Crippen molar-refractivity contribution in [1.82, 2.24) is 9.97 Å². The second kappa shape index (κ2) is 7.07. The Labute approximate surface area is 189 Å². The molecule has 1 atom stereocenters. The van der Waals surface area contributed by atoms with E-state index >= 15 is 0 Å². The molecule has 2 N–H and O–H groups in total. The van der Waals surface area contributed by atoms with Crippen molar-refractivity contribution in [2.24, 2.45) is 10.7 Å². The van der Waals surface area contributed by atoms with Crippen molar-refractivity contribution in [3.8, 4) is 33.9 Å². The fourth-order valence-corrected chi connectivity index (χ4v) is 4.45. The molecule has 7 heteroatoms. The van der Waals surface area contributed by atoms with Crippen LogP contribution in [0.4, 0.5) is 0 Å². The fourth-order valence-electron chi connectivity index (χ4n) is 4.28. The highest BCUT2D eigenvalue weighted by atomic mass is 35.5. The molecule has 32 heavy (non-hydrogen) atoms. The molecule has 2 aromatic heterocycles. The Morgan fingerprint density at radius 2 is 1.69 bits per heavy atom. The van der Waals surface area contributed by atoms with E-state index in [4.69, 9.17) is 31.8 Å². The number of halogens is 1. The molecular formula is C25H17ClN4O2. The van der Waals surface area contributed by atoms with Crippen molar-refractivity contribution >= 4 is 17.6 Å². The Morgan fingerprint density at radius 1 is 0.844 bits per heavy atom. The fraction of sp³-hybridized carbons (Fsp3) is 0.0800. The topological polar surface area (TPSA) is 82.6 Å². The van der Waals surface area contributed by atoms with Crippen molar-refractivity contribution in [3.63, 3.8) is 0 Å². The second-order valence-electron chi connectivity index (χ2n) is 7.74. The number of aromatic nitrogens is 2. The molecule has 156 valence electrons. The third-order valence-corrected chi connectivity index (χ3v) is 6.00. The van der Waals surface area contributed by atoms with E-state index in [2.05, 4.69) is 9.97 Å². The molecule has 4 aromatic rings. The van der Waals surface area contributed by atoms with E-state index in [0.29, 0.717) is 16.5 Å². The minimum absolute atomic E-state index is 0.150. The third kappa shape index (κ3) is 2.92. The number of pyridine rings is 2. The smallest absolute Gasteiger partial charge is 0.283 e. The first-order valence-corrected chi connectivity index (χ1v) is 10.5. The van der Waals surface area contributed by atoms with Crippen LogP contribution >= 0.6 is 11.6 Å². The summed E-state index contributed by atoms with van der Waals surface area (Å²) in [7, 11) is 0. The van der Waals surface area contributed by atoms with Gasteiger partial charge in [0.2, 0.25) is 0 Å². The summed E-state index contributed by atoms with van der Waals surface area (Å²) in [5, 5.41) is 0.571. The minimum atomic E-state index is -0.832. The highest BCUT2D eigenvalue weighted by Crippen LogP contribution is 2.52. The second-order valence-corrected chi connectivity index (χ2v) is 8.17. The molecule has 0 amide bonds. The summed E-state index contributed by atoms with van der Waals surface area (Å²) in [6.45, 7) is 0.275. The van der Waals surface area contributed by atoms with Gasteiger partial charge in [-0.25, -0.2) is 4.99 Å². The molecule has 2 aliphatic rings. The van der Waals surface area contributed by atoms with Gasteiger partial charge in [-0.2, -0.15) is 0 Å². The van der Waals surface area contributed by atoms with E-state index in [9.17, 15) is 0 Å². The lowest BCUT2D eigenvalue weighted by Crippen LogP contribution is -2.31. The van der Waals surface area contributed by atoms with Gasteiger partial charge >= 0.3 is 0 Å².